The smallest absolute Gasteiger partial charge is 0.362 e. The molecule has 0 heterocycles. The van der Waals surface area contributed by atoms with E-state index in [1.54, 1.807) is 0 Å². The summed E-state index contributed by atoms with van der Waals surface area (Å²) < 4.78 is -0.396. The molecule has 3 N–H and O–H groups in total. The van der Waals surface area contributed by atoms with Gasteiger partial charge < -0.3 is 15.3 Å². The number of nitrogens with zero attached hydrogens (tertiary/aromatic N) is 1. The van der Waals surface area contributed by atoms with Gasteiger partial charge >= 0.3 is 17.9 Å². The molecule has 174 valence electrons. The Hall–Kier alpha value is -1.89. The third-order valence-corrected chi connectivity index (χ3v) is 5.85. The minimum absolute atomic E-state index is 0.241. The second-order valence-electron chi connectivity index (χ2n) is 8.02. The summed E-state index contributed by atoms with van der Waals surface area (Å²) in [6.45, 7) is 7.85. The van der Waals surface area contributed by atoms with Crippen LogP contribution in [0.1, 0.15) is 91.9 Å². The largest absolute Gasteiger partial charge is 0.477 e. The molecule has 7 heteroatoms. The predicted molar refractivity (Wildman–Crippen MR) is 117 cm³/mol. The van der Waals surface area contributed by atoms with Crippen LogP contribution >= 0.6 is 0 Å². The molecular formula is C23H42NO6+. The number of aliphatic carboxylic acids is 3. The highest BCUT2D eigenvalue weighted by atomic mass is 16.4. The zero-order valence-corrected chi connectivity index (χ0v) is 19.2. The number of unbranched alkanes of at least 4 members (excludes halogenated alkanes) is 2. The van der Waals surface area contributed by atoms with Crippen molar-refractivity contribution < 1.29 is 34.2 Å². The zero-order chi connectivity index (χ0) is 23.2. The number of carboxylic acid groups (broad SMARTS) is 3. The summed E-state index contributed by atoms with van der Waals surface area (Å²) in [5, 5.41) is 30.3. The number of hydrogen-bond donors (Lipinski definition) is 3. The van der Waals surface area contributed by atoms with Crippen LogP contribution in [0.25, 0.3) is 0 Å². The highest BCUT2D eigenvalue weighted by Gasteiger charge is 2.56. The van der Waals surface area contributed by atoms with Crippen molar-refractivity contribution in [1.82, 2.24) is 0 Å². The van der Waals surface area contributed by atoms with Crippen LogP contribution in [-0.2, 0) is 14.4 Å². The highest BCUT2D eigenvalue weighted by molar-refractivity contribution is 5.78. The molecule has 0 spiro atoms. The lowest BCUT2D eigenvalue weighted by Gasteiger charge is -2.50. The van der Waals surface area contributed by atoms with Gasteiger partial charge in [-0.3, -0.25) is 4.48 Å². The molecule has 0 bridgehead atoms. The highest BCUT2D eigenvalue weighted by Crippen LogP contribution is 2.34. The molecule has 3 atom stereocenters. The summed E-state index contributed by atoms with van der Waals surface area (Å²) in [7, 11) is 0. The molecular weight excluding hydrogens is 386 g/mol. The maximum absolute atomic E-state index is 12.4. The standard InChI is InChI=1S/C23H41NO6/c1-5-9-10-11-12-13-17-24(18(14-6-2)21(25)26,19(15-7-3)22(27)28)20(16-8-4)23(29)30/h9-10,18-20H,5-8,11-17H2,1-4H3,(H2-,25,26,27,28,29,30)/p+1/b10-9+. The van der Waals surface area contributed by atoms with E-state index >= 15 is 0 Å². The third kappa shape index (κ3) is 7.74. The summed E-state index contributed by atoms with van der Waals surface area (Å²) in [5.41, 5.74) is 0. The topological polar surface area (TPSA) is 112 Å². The first kappa shape index (κ1) is 28.1. The third-order valence-electron chi connectivity index (χ3n) is 5.85. The van der Waals surface area contributed by atoms with Gasteiger partial charge in [-0.25, -0.2) is 14.4 Å². The van der Waals surface area contributed by atoms with Crippen molar-refractivity contribution in [2.45, 2.75) is 110 Å². The molecule has 0 aromatic heterocycles. The van der Waals surface area contributed by atoms with Crippen LogP contribution in [0, 0.1) is 0 Å². The first-order valence-electron chi connectivity index (χ1n) is 11.4. The van der Waals surface area contributed by atoms with Gasteiger partial charge in [0.05, 0.1) is 6.54 Å². The van der Waals surface area contributed by atoms with Crippen molar-refractivity contribution in [2.24, 2.45) is 0 Å². The molecule has 0 rings (SSSR count). The van der Waals surface area contributed by atoms with Gasteiger partial charge in [-0.15, -0.1) is 0 Å². The molecule has 0 fully saturated rings. The Morgan fingerprint density at radius 3 is 1.40 bits per heavy atom. The van der Waals surface area contributed by atoms with Gasteiger partial charge in [-0.1, -0.05) is 39.8 Å². The number of quaternary nitrogens is 1. The second-order valence-corrected chi connectivity index (χ2v) is 8.02. The van der Waals surface area contributed by atoms with Crippen LogP contribution in [0.2, 0.25) is 0 Å². The van der Waals surface area contributed by atoms with Crippen molar-refractivity contribution in [3.8, 4) is 0 Å². The fourth-order valence-electron chi connectivity index (χ4n) is 4.58. The van der Waals surface area contributed by atoms with E-state index < -0.39 is 40.5 Å². The van der Waals surface area contributed by atoms with E-state index in [1.807, 2.05) is 27.7 Å². The Balaban J connectivity index is 6.47. The predicted octanol–water partition coefficient (Wildman–Crippen LogP) is 4.70. The van der Waals surface area contributed by atoms with E-state index in [-0.39, 0.29) is 25.8 Å². The van der Waals surface area contributed by atoms with Crippen LogP contribution in [-0.4, -0.2) is 62.4 Å². The molecule has 0 amide bonds. The average molecular weight is 429 g/mol. The van der Waals surface area contributed by atoms with Gasteiger partial charge in [0, 0.05) is 19.3 Å². The lowest BCUT2D eigenvalue weighted by molar-refractivity contribution is -0.973. The van der Waals surface area contributed by atoms with Crippen molar-refractivity contribution in [2.75, 3.05) is 6.54 Å². The Morgan fingerprint density at radius 1 is 0.700 bits per heavy atom. The van der Waals surface area contributed by atoms with Crippen LogP contribution in [0.4, 0.5) is 0 Å². The van der Waals surface area contributed by atoms with E-state index in [0.29, 0.717) is 25.7 Å². The van der Waals surface area contributed by atoms with E-state index in [2.05, 4.69) is 12.2 Å². The summed E-state index contributed by atoms with van der Waals surface area (Å²) in [6, 6.07) is -3.16. The average Bonchev–Trinajstić information content (AvgIpc) is 2.68. The Labute approximate surface area is 181 Å². The fourth-order valence-corrected chi connectivity index (χ4v) is 4.58. The van der Waals surface area contributed by atoms with Crippen LogP contribution < -0.4 is 0 Å². The van der Waals surface area contributed by atoms with Crippen molar-refractivity contribution >= 4 is 17.9 Å². The van der Waals surface area contributed by atoms with Gasteiger partial charge in [-0.2, -0.15) is 0 Å². The van der Waals surface area contributed by atoms with Gasteiger partial charge in [-0.05, 0) is 44.9 Å². The number of carbonyl (C=O) groups is 3. The number of allylic oxidation sites excluding steroid dienone is 2. The lowest BCUT2D eigenvalue weighted by Crippen LogP contribution is -2.72. The summed E-state index contributed by atoms with van der Waals surface area (Å²) in [6.07, 6.45) is 9.65. The minimum Gasteiger partial charge on any atom is -0.477 e. The molecule has 0 aliphatic rings. The van der Waals surface area contributed by atoms with Crippen LogP contribution in [0.15, 0.2) is 12.2 Å². The number of rotatable bonds is 18. The van der Waals surface area contributed by atoms with Gasteiger partial charge in [0.25, 0.3) is 0 Å². The molecule has 0 radical (unpaired) electrons. The molecule has 3 unspecified atom stereocenters. The summed E-state index contributed by atoms with van der Waals surface area (Å²) in [4.78, 5) is 37.1. The second kappa shape index (κ2) is 15.0. The molecule has 0 aromatic rings. The maximum Gasteiger partial charge on any atom is 0.362 e. The maximum atomic E-state index is 12.4. The van der Waals surface area contributed by atoms with Gasteiger partial charge in [0.15, 0.2) is 18.1 Å². The molecule has 30 heavy (non-hydrogen) atoms. The van der Waals surface area contributed by atoms with E-state index in [4.69, 9.17) is 0 Å². The number of carboxylic acids is 3. The monoisotopic (exact) mass is 428 g/mol. The molecule has 0 aliphatic carbocycles. The first-order chi connectivity index (χ1) is 14.2. The summed E-state index contributed by atoms with van der Waals surface area (Å²) >= 11 is 0. The minimum atomic E-state index is -1.10. The van der Waals surface area contributed by atoms with Crippen molar-refractivity contribution in [1.29, 1.82) is 0 Å². The molecule has 0 saturated carbocycles. The fraction of sp³-hybridized carbons (Fsp3) is 0.783. The first-order valence-corrected chi connectivity index (χ1v) is 11.4. The van der Waals surface area contributed by atoms with Gasteiger partial charge in [0.2, 0.25) is 0 Å². The normalized spacial score (nSPS) is 16.7. The zero-order valence-electron chi connectivity index (χ0n) is 19.2. The SMILES string of the molecule is CC/C=C/CCCC[N+](C(CCC)C(=O)O)(C(CCC)C(=O)O)C(CCC)C(=O)O. The van der Waals surface area contributed by atoms with Crippen LogP contribution in [0.3, 0.4) is 0 Å². The van der Waals surface area contributed by atoms with E-state index in [0.717, 1.165) is 19.3 Å². The number of hydrogen-bond acceptors (Lipinski definition) is 3. The molecule has 7 nitrogen and oxygen atoms in total. The van der Waals surface area contributed by atoms with E-state index in [9.17, 15) is 29.7 Å². The van der Waals surface area contributed by atoms with Crippen molar-refractivity contribution in [3.05, 3.63) is 12.2 Å². The molecule has 0 aliphatic heterocycles. The summed E-state index contributed by atoms with van der Waals surface area (Å²) in [5.74, 6) is -3.31. The Morgan fingerprint density at radius 2 is 1.10 bits per heavy atom. The molecule has 0 aromatic carbocycles. The Kier molecular flexibility index (Phi) is 14.0. The Bertz CT molecular complexity index is 500. The quantitative estimate of drug-likeness (QED) is 0.166. The van der Waals surface area contributed by atoms with E-state index in [1.165, 1.54) is 0 Å². The van der Waals surface area contributed by atoms with Gasteiger partial charge in [0.1, 0.15) is 0 Å². The van der Waals surface area contributed by atoms with Crippen LogP contribution in [0.5, 0.6) is 0 Å². The lowest BCUT2D eigenvalue weighted by atomic mass is 9.91. The van der Waals surface area contributed by atoms with Crippen molar-refractivity contribution in [3.63, 3.8) is 0 Å². The molecule has 0 saturated heterocycles.